The van der Waals surface area contributed by atoms with Crippen LogP contribution in [0.5, 0.6) is 5.75 Å². The van der Waals surface area contributed by atoms with Crippen molar-refractivity contribution in [1.29, 1.82) is 0 Å². The van der Waals surface area contributed by atoms with Gasteiger partial charge in [-0.05, 0) is 61.8 Å². The first-order valence-electron chi connectivity index (χ1n) is 14.8. The molecule has 0 unspecified atom stereocenters. The van der Waals surface area contributed by atoms with Gasteiger partial charge >= 0.3 is 0 Å². The molecule has 0 saturated heterocycles. The summed E-state index contributed by atoms with van der Waals surface area (Å²) in [5.41, 5.74) is 3.13. The van der Waals surface area contributed by atoms with Gasteiger partial charge in [0.05, 0.1) is 24.2 Å². The van der Waals surface area contributed by atoms with E-state index in [1.165, 1.54) is 103 Å². The van der Waals surface area contributed by atoms with Crippen LogP contribution >= 0.6 is 0 Å². The number of hydrogen-bond acceptors (Lipinski definition) is 3. The summed E-state index contributed by atoms with van der Waals surface area (Å²) >= 11 is 0. The fourth-order valence-corrected chi connectivity index (χ4v) is 5.50. The molecule has 1 heterocycles. The molecule has 0 atom stereocenters. The number of rotatable bonds is 17. The summed E-state index contributed by atoms with van der Waals surface area (Å²) < 4.78 is 6.04. The highest BCUT2D eigenvalue weighted by Gasteiger charge is 2.20. The summed E-state index contributed by atoms with van der Waals surface area (Å²) in [6, 6.07) is 8.34. The van der Waals surface area contributed by atoms with E-state index in [4.69, 9.17) is 4.74 Å². The molecule has 2 aromatic rings. The SMILES string of the molecule is CCCCCCCC1CCC(CCCOc2ccc(-c3cnc(CCCCCC)cn3)cc2)CC1. The van der Waals surface area contributed by atoms with Gasteiger partial charge in [0.25, 0.3) is 0 Å². The molecule has 3 nitrogen and oxygen atoms in total. The molecule has 194 valence electrons. The number of ether oxygens (including phenoxy) is 1. The molecule has 3 heteroatoms. The standard InChI is InChI=1S/C32H50N2O/c1-3-5-7-9-10-13-27-16-18-28(19-17-27)14-12-24-35-31-22-20-29(21-23-31)32-26-33-30(25-34-32)15-11-8-6-4-2/h20-23,25-28H,3-19,24H2,1-2H3. The molecule has 0 aliphatic heterocycles. The molecule has 0 N–H and O–H groups in total. The zero-order chi connectivity index (χ0) is 24.6. The van der Waals surface area contributed by atoms with E-state index in [1.807, 2.05) is 12.4 Å². The maximum atomic E-state index is 6.04. The molecule has 1 aliphatic rings. The molecule has 1 fully saturated rings. The van der Waals surface area contributed by atoms with Gasteiger partial charge in [-0.15, -0.1) is 0 Å². The van der Waals surface area contributed by atoms with Crippen molar-refractivity contribution < 1.29 is 4.74 Å². The monoisotopic (exact) mass is 478 g/mol. The second kappa shape index (κ2) is 16.7. The molecule has 0 spiro atoms. The van der Waals surface area contributed by atoms with Crippen LogP contribution < -0.4 is 4.74 Å². The fraction of sp³-hybridized carbons (Fsp3) is 0.688. The Kier molecular flexibility index (Phi) is 13.2. The lowest BCUT2D eigenvalue weighted by Gasteiger charge is -2.28. The highest BCUT2D eigenvalue weighted by atomic mass is 16.5. The normalized spacial score (nSPS) is 18.0. The van der Waals surface area contributed by atoms with Gasteiger partial charge in [0.2, 0.25) is 0 Å². The quantitative estimate of drug-likeness (QED) is 0.212. The topological polar surface area (TPSA) is 35.0 Å². The van der Waals surface area contributed by atoms with Crippen LogP contribution in [0, 0.1) is 11.8 Å². The third-order valence-electron chi connectivity index (χ3n) is 7.85. The van der Waals surface area contributed by atoms with Gasteiger partial charge < -0.3 is 4.74 Å². The first kappa shape index (κ1) is 27.7. The van der Waals surface area contributed by atoms with Crippen molar-refractivity contribution in [2.45, 2.75) is 123 Å². The smallest absolute Gasteiger partial charge is 0.119 e. The van der Waals surface area contributed by atoms with Crippen LogP contribution in [0.15, 0.2) is 36.7 Å². The second-order valence-corrected chi connectivity index (χ2v) is 10.8. The minimum Gasteiger partial charge on any atom is -0.494 e. The van der Waals surface area contributed by atoms with Crippen LogP contribution in [0.4, 0.5) is 0 Å². The number of aryl methyl sites for hydroxylation is 1. The van der Waals surface area contributed by atoms with Gasteiger partial charge in [-0.25, -0.2) is 0 Å². The number of unbranched alkanes of at least 4 members (excludes halogenated alkanes) is 7. The van der Waals surface area contributed by atoms with Crippen molar-refractivity contribution in [2.75, 3.05) is 6.61 Å². The molecule has 0 amide bonds. The lowest BCUT2D eigenvalue weighted by atomic mass is 9.78. The number of benzene rings is 1. The largest absolute Gasteiger partial charge is 0.494 e. The van der Waals surface area contributed by atoms with E-state index in [2.05, 4.69) is 48.1 Å². The molecule has 1 aliphatic carbocycles. The van der Waals surface area contributed by atoms with Crippen molar-refractivity contribution in [1.82, 2.24) is 9.97 Å². The van der Waals surface area contributed by atoms with E-state index in [1.54, 1.807) is 0 Å². The van der Waals surface area contributed by atoms with Crippen LogP contribution in [0.25, 0.3) is 11.3 Å². The highest BCUT2D eigenvalue weighted by Crippen LogP contribution is 2.34. The average Bonchev–Trinajstić information content (AvgIpc) is 2.90. The van der Waals surface area contributed by atoms with Crippen LogP contribution in [0.3, 0.4) is 0 Å². The average molecular weight is 479 g/mol. The molecular weight excluding hydrogens is 428 g/mol. The minimum atomic E-state index is 0.823. The Morgan fingerprint density at radius 2 is 1.31 bits per heavy atom. The van der Waals surface area contributed by atoms with Gasteiger partial charge in [-0.1, -0.05) is 97.3 Å². The summed E-state index contributed by atoms with van der Waals surface area (Å²) in [5.74, 6) is 2.89. The van der Waals surface area contributed by atoms with E-state index < -0.39 is 0 Å². The molecule has 3 rings (SSSR count). The molecule has 1 saturated carbocycles. The van der Waals surface area contributed by atoms with Gasteiger partial charge in [0.15, 0.2) is 0 Å². The van der Waals surface area contributed by atoms with E-state index in [9.17, 15) is 0 Å². The predicted molar refractivity (Wildman–Crippen MR) is 149 cm³/mol. The number of hydrogen-bond donors (Lipinski definition) is 0. The van der Waals surface area contributed by atoms with Crippen molar-refractivity contribution in [2.24, 2.45) is 11.8 Å². The van der Waals surface area contributed by atoms with E-state index >= 15 is 0 Å². The molecule has 0 bridgehead atoms. The molecular formula is C32H50N2O. The maximum absolute atomic E-state index is 6.04. The van der Waals surface area contributed by atoms with E-state index in [0.29, 0.717) is 0 Å². The Morgan fingerprint density at radius 1 is 0.686 bits per heavy atom. The van der Waals surface area contributed by atoms with Crippen molar-refractivity contribution in [3.8, 4) is 17.0 Å². The Morgan fingerprint density at radius 3 is 1.94 bits per heavy atom. The zero-order valence-corrected chi connectivity index (χ0v) is 22.6. The Balaban J connectivity index is 1.28. The van der Waals surface area contributed by atoms with Gasteiger partial charge in [-0.3, -0.25) is 9.97 Å². The summed E-state index contributed by atoms with van der Waals surface area (Å²) in [4.78, 5) is 9.25. The van der Waals surface area contributed by atoms with Crippen molar-refractivity contribution in [3.05, 3.63) is 42.4 Å². The number of aromatic nitrogens is 2. The Labute approximate surface area is 215 Å². The van der Waals surface area contributed by atoms with Crippen molar-refractivity contribution in [3.63, 3.8) is 0 Å². The summed E-state index contributed by atoms with van der Waals surface area (Å²) in [6.07, 6.45) is 26.8. The molecule has 1 aromatic carbocycles. The minimum absolute atomic E-state index is 0.823. The third kappa shape index (κ3) is 10.7. The zero-order valence-electron chi connectivity index (χ0n) is 22.6. The first-order valence-corrected chi connectivity index (χ1v) is 14.8. The first-order chi connectivity index (χ1) is 17.3. The lowest BCUT2D eigenvalue weighted by molar-refractivity contribution is 0.228. The summed E-state index contributed by atoms with van der Waals surface area (Å²) in [5, 5.41) is 0. The van der Waals surface area contributed by atoms with E-state index in [-0.39, 0.29) is 0 Å². The van der Waals surface area contributed by atoms with E-state index in [0.717, 1.165) is 47.6 Å². The van der Waals surface area contributed by atoms with Crippen LogP contribution in [-0.4, -0.2) is 16.6 Å². The third-order valence-corrected chi connectivity index (χ3v) is 7.85. The molecule has 1 aromatic heterocycles. The van der Waals surface area contributed by atoms with Gasteiger partial charge in [-0.2, -0.15) is 0 Å². The van der Waals surface area contributed by atoms with Crippen LogP contribution in [-0.2, 0) is 6.42 Å². The fourth-order valence-electron chi connectivity index (χ4n) is 5.50. The second-order valence-electron chi connectivity index (χ2n) is 10.8. The van der Waals surface area contributed by atoms with Gasteiger partial charge in [0.1, 0.15) is 5.75 Å². The molecule has 35 heavy (non-hydrogen) atoms. The summed E-state index contributed by atoms with van der Waals surface area (Å²) in [6.45, 7) is 5.37. The highest BCUT2D eigenvalue weighted by molar-refractivity contribution is 5.58. The Bertz CT molecular complexity index is 778. The molecule has 0 radical (unpaired) electrons. The van der Waals surface area contributed by atoms with Crippen LogP contribution in [0.1, 0.15) is 122 Å². The number of nitrogens with zero attached hydrogens (tertiary/aromatic N) is 2. The predicted octanol–water partition coefficient (Wildman–Crippen LogP) is 9.59. The summed E-state index contributed by atoms with van der Waals surface area (Å²) in [7, 11) is 0. The van der Waals surface area contributed by atoms with Crippen LogP contribution in [0.2, 0.25) is 0 Å². The van der Waals surface area contributed by atoms with Gasteiger partial charge in [0, 0.05) is 11.8 Å². The lowest BCUT2D eigenvalue weighted by Crippen LogP contribution is -2.15. The van der Waals surface area contributed by atoms with Crippen molar-refractivity contribution >= 4 is 0 Å². The Hall–Kier alpha value is -1.90. The maximum Gasteiger partial charge on any atom is 0.119 e.